The number of ether oxygens (including phenoxy) is 1. The van der Waals surface area contributed by atoms with Gasteiger partial charge in [0.2, 0.25) is 5.88 Å². The number of nitrogens with zero attached hydrogens (tertiary/aromatic N) is 2. The lowest BCUT2D eigenvalue weighted by atomic mass is 10.2. The molecule has 0 aliphatic carbocycles. The van der Waals surface area contributed by atoms with Crippen LogP contribution in [0, 0.1) is 0 Å². The molecule has 0 saturated carbocycles. The van der Waals surface area contributed by atoms with Gasteiger partial charge in [0, 0.05) is 12.1 Å². The van der Waals surface area contributed by atoms with Crippen molar-refractivity contribution in [1.29, 1.82) is 0 Å². The van der Waals surface area contributed by atoms with Crippen molar-refractivity contribution in [2.24, 2.45) is 7.05 Å². The van der Waals surface area contributed by atoms with Crippen LogP contribution in [-0.2, 0) is 13.2 Å². The van der Waals surface area contributed by atoms with Gasteiger partial charge >= 0.3 is 12.1 Å². The molecule has 0 aliphatic rings. The summed E-state index contributed by atoms with van der Waals surface area (Å²) in [5.41, 5.74) is -2.57. The largest absolute Gasteiger partial charge is 0.477 e. The fraction of sp³-hybridized carbons (Fsp3) is 0.167. The number of carboxylic acids is 1. The number of rotatable bonds is 3. The molecule has 0 spiro atoms. The Balaban J connectivity index is 2.53. The van der Waals surface area contributed by atoms with Gasteiger partial charge in [-0.3, -0.25) is 0 Å². The fourth-order valence-corrected chi connectivity index (χ4v) is 1.84. The quantitative estimate of drug-likeness (QED) is 0.938. The molecule has 2 rings (SSSR count). The SMILES string of the molecule is Cn1nc(C(F)(F)F)c(C(=O)O)c1Oc1cccc(Cl)c1. The van der Waals surface area contributed by atoms with Crippen molar-refractivity contribution in [1.82, 2.24) is 9.78 Å². The first-order valence-corrected chi connectivity index (χ1v) is 5.89. The summed E-state index contributed by atoms with van der Waals surface area (Å²) in [5, 5.41) is 12.5. The van der Waals surface area contributed by atoms with E-state index in [1.165, 1.54) is 24.3 Å². The molecule has 0 saturated heterocycles. The summed E-state index contributed by atoms with van der Waals surface area (Å²) in [6, 6.07) is 5.82. The second-order valence-corrected chi connectivity index (χ2v) is 4.45. The van der Waals surface area contributed by atoms with Crippen molar-refractivity contribution >= 4 is 17.6 Å². The average Bonchev–Trinajstić information content (AvgIpc) is 2.67. The molecule has 0 bridgehead atoms. The minimum absolute atomic E-state index is 0.0988. The fourth-order valence-electron chi connectivity index (χ4n) is 1.66. The van der Waals surface area contributed by atoms with Crippen LogP contribution < -0.4 is 4.74 Å². The molecular weight excluding hydrogens is 313 g/mol. The molecule has 1 aromatic heterocycles. The van der Waals surface area contributed by atoms with Crippen molar-refractivity contribution < 1.29 is 27.8 Å². The minimum atomic E-state index is -4.90. The second-order valence-electron chi connectivity index (χ2n) is 4.01. The molecule has 112 valence electrons. The van der Waals surface area contributed by atoms with E-state index in [1.54, 1.807) is 0 Å². The normalized spacial score (nSPS) is 11.5. The summed E-state index contributed by atoms with van der Waals surface area (Å²) >= 11 is 5.73. The van der Waals surface area contributed by atoms with E-state index in [0.717, 1.165) is 7.05 Å². The molecule has 5 nitrogen and oxygen atoms in total. The zero-order valence-corrected chi connectivity index (χ0v) is 11.2. The van der Waals surface area contributed by atoms with Crippen molar-refractivity contribution in [2.45, 2.75) is 6.18 Å². The predicted octanol–water partition coefficient (Wildman–Crippen LogP) is 3.58. The van der Waals surface area contributed by atoms with Gasteiger partial charge in [0.1, 0.15) is 5.75 Å². The zero-order valence-electron chi connectivity index (χ0n) is 10.5. The summed E-state index contributed by atoms with van der Waals surface area (Å²) in [7, 11) is 1.15. The van der Waals surface area contributed by atoms with Gasteiger partial charge in [0.15, 0.2) is 11.3 Å². The van der Waals surface area contributed by atoms with E-state index in [0.29, 0.717) is 9.70 Å². The number of hydrogen-bond acceptors (Lipinski definition) is 3. The first kappa shape index (κ1) is 15.2. The lowest BCUT2D eigenvalue weighted by molar-refractivity contribution is -0.141. The number of halogens is 4. The topological polar surface area (TPSA) is 64.4 Å². The Morgan fingerprint density at radius 3 is 2.62 bits per heavy atom. The van der Waals surface area contributed by atoms with Crippen LogP contribution in [0.3, 0.4) is 0 Å². The van der Waals surface area contributed by atoms with Gasteiger partial charge in [0.25, 0.3) is 0 Å². The van der Waals surface area contributed by atoms with E-state index < -0.39 is 29.3 Å². The summed E-state index contributed by atoms with van der Waals surface area (Å²) in [5.74, 6) is -2.22. The van der Waals surface area contributed by atoms with Crippen molar-refractivity contribution in [3.63, 3.8) is 0 Å². The van der Waals surface area contributed by atoms with Gasteiger partial charge < -0.3 is 9.84 Å². The number of carboxylic acid groups (broad SMARTS) is 1. The first-order valence-electron chi connectivity index (χ1n) is 5.51. The van der Waals surface area contributed by atoms with Crippen LogP contribution in [0.15, 0.2) is 24.3 Å². The van der Waals surface area contributed by atoms with E-state index >= 15 is 0 Å². The Kier molecular flexibility index (Phi) is 3.82. The number of aromatic carboxylic acids is 1. The Hall–Kier alpha value is -2.22. The molecule has 0 radical (unpaired) electrons. The smallest absolute Gasteiger partial charge is 0.436 e. The molecule has 0 amide bonds. The first-order chi connectivity index (χ1) is 9.70. The highest BCUT2D eigenvalue weighted by atomic mass is 35.5. The number of carbonyl (C=O) groups is 1. The Labute approximate surface area is 121 Å². The molecule has 2 aromatic rings. The highest BCUT2D eigenvalue weighted by Crippen LogP contribution is 2.37. The standard InChI is InChI=1S/C12H8ClF3N2O3/c1-18-10(21-7-4-2-3-6(13)5-7)8(11(19)20)9(17-18)12(14,15)16/h2-5H,1H3,(H,19,20). The Bertz CT molecular complexity index is 698. The number of hydrogen-bond donors (Lipinski definition) is 1. The van der Waals surface area contributed by atoms with Gasteiger partial charge in [-0.2, -0.15) is 18.3 Å². The molecule has 1 aromatic carbocycles. The molecule has 21 heavy (non-hydrogen) atoms. The summed E-state index contributed by atoms with van der Waals surface area (Å²) in [6.45, 7) is 0. The highest BCUT2D eigenvalue weighted by molar-refractivity contribution is 6.30. The molecule has 1 heterocycles. The van der Waals surface area contributed by atoms with Gasteiger partial charge in [-0.15, -0.1) is 0 Å². The maximum Gasteiger partial charge on any atom is 0.436 e. The van der Waals surface area contributed by atoms with E-state index in [-0.39, 0.29) is 5.75 Å². The van der Waals surface area contributed by atoms with Crippen LogP contribution in [0.25, 0.3) is 0 Å². The molecule has 0 unspecified atom stereocenters. The molecule has 9 heteroatoms. The average molecular weight is 321 g/mol. The highest BCUT2D eigenvalue weighted by Gasteiger charge is 2.42. The lowest BCUT2D eigenvalue weighted by Crippen LogP contribution is -2.12. The van der Waals surface area contributed by atoms with E-state index in [9.17, 15) is 18.0 Å². The number of benzene rings is 1. The van der Waals surface area contributed by atoms with Gasteiger partial charge in [0.05, 0.1) is 0 Å². The number of aryl methyl sites for hydroxylation is 1. The summed E-state index contributed by atoms with van der Waals surface area (Å²) in [4.78, 5) is 11.1. The summed E-state index contributed by atoms with van der Waals surface area (Å²) < 4.78 is 44.3. The second kappa shape index (κ2) is 5.28. The minimum Gasteiger partial charge on any atom is -0.477 e. The predicted molar refractivity (Wildman–Crippen MR) is 66.7 cm³/mol. The third-order valence-electron chi connectivity index (χ3n) is 2.49. The van der Waals surface area contributed by atoms with Crippen molar-refractivity contribution in [3.8, 4) is 11.6 Å². The molecule has 1 N–H and O–H groups in total. The zero-order chi connectivity index (χ0) is 15.8. The summed E-state index contributed by atoms with van der Waals surface area (Å²) in [6.07, 6.45) is -4.90. The number of alkyl halides is 3. The lowest BCUT2D eigenvalue weighted by Gasteiger charge is -2.07. The molecule has 0 aliphatic heterocycles. The Morgan fingerprint density at radius 1 is 1.43 bits per heavy atom. The van der Waals surface area contributed by atoms with Crippen molar-refractivity contribution in [2.75, 3.05) is 0 Å². The maximum absolute atomic E-state index is 12.8. The third-order valence-corrected chi connectivity index (χ3v) is 2.72. The van der Waals surface area contributed by atoms with Crippen LogP contribution in [0.4, 0.5) is 13.2 Å². The third kappa shape index (κ3) is 3.10. The Morgan fingerprint density at radius 2 is 2.10 bits per heavy atom. The van der Waals surface area contributed by atoms with E-state index in [4.69, 9.17) is 21.4 Å². The number of aromatic nitrogens is 2. The molecule has 0 atom stereocenters. The van der Waals surface area contributed by atoms with Gasteiger partial charge in [-0.25, -0.2) is 9.48 Å². The van der Waals surface area contributed by atoms with Crippen LogP contribution in [0.1, 0.15) is 16.1 Å². The van der Waals surface area contributed by atoms with Crippen LogP contribution in [-0.4, -0.2) is 20.9 Å². The van der Waals surface area contributed by atoms with E-state index in [1.807, 2.05) is 0 Å². The van der Waals surface area contributed by atoms with Crippen LogP contribution >= 0.6 is 11.6 Å². The van der Waals surface area contributed by atoms with Crippen LogP contribution in [0.2, 0.25) is 5.02 Å². The monoisotopic (exact) mass is 320 g/mol. The van der Waals surface area contributed by atoms with E-state index in [2.05, 4.69) is 5.10 Å². The van der Waals surface area contributed by atoms with Crippen molar-refractivity contribution in [3.05, 3.63) is 40.5 Å². The van der Waals surface area contributed by atoms with Gasteiger partial charge in [-0.05, 0) is 18.2 Å². The van der Waals surface area contributed by atoms with Crippen LogP contribution in [0.5, 0.6) is 11.6 Å². The molecular formula is C12H8ClF3N2O3. The van der Waals surface area contributed by atoms with Gasteiger partial charge in [-0.1, -0.05) is 17.7 Å². The maximum atomic E-state index is 12.8. The molecule has 0 fully saturated rings.